The Morgan fingerprint density at radius 2 is 2.24 bits per heavy atom. The average molecular weight is 265 g/mol. The van der Waals surface area contributed by atoms with E-state index in [9.17, 15) is 13.2 Å². The summed E-state index contributed by atoms with van der Waals surface area (Å²) in [6.45, 7) is 0. The van der Waals surface area contributed by atoms with E-state index in [0.29, 0.717) is 4.88 Å². The Morgan fingerprint density at radius 1 is 1.47 bits per heavy atom. The zero-order valence-electron chi connectivity index (χ0n) is 8.18. The van der Waals surface area contributed by atoms with Gasteiger partial charge in [0.25, 0.3) is 0 Å². The van der Waals surface area contributed by atoms with Crippen LogP contribution in [0.4, 0.5) is 13.2 Å². The van der Waals surface area contributed by atoms with E-state index < -0.39 is 18.7 Å². The van der Waals surface area contributed by atoms with Crippen LogP contribution in [0.3, 0.4) is 0 Å². The summed E-state index contributed by atoms with van der Waals surface area (Å²) >= 11 is 1.23. The molecule has 1 atom stereocenters. The normalized spacial score (nSPS) is 13.9. The summed E-state index contributed by atoms with van der Waals surface area (Å²) in [5.41, 5.74) is 1.54. The van der Waals surface area contributed by atoms with Gasteiger partial charge < -0.3 is 9.63 Å². The Bertz CT molecular complexity index is 482. The van der Waals surface area contributed by atoms with Gasteiger partial charge in [0.2, 0.25) is 11.7 Å². The third-order valence-corrected chi connectivity index (χ3v) is 2.64. The van der Waals surface area contributed by atoms with Gasteiger partial charge in [-0.05, 0) is 0 Å². The van der Waals surface area contributed by atoms with E-state index in [0.717, 1.165) is 0 Å². The molecule has 0 fully saturated rings. The number of hydrogen-bond acceptors (Lipinski definition) is 6. The largest absolute Gasteiger partial charge is 0.414 e. The summed E-state index contributed by atoms with van der Waals surface area (Å²) in [5, 5.41) is 12.3. The third kappa shape index (κ3) is 2.80. The minimum atomic E-state index is -4.70. The number of hydrogen-bond donors (Lipinski definition) is 1. The standard InChI is InChI=1S/C8H6F3N3O2S/c9-8(10,11)5(15)1-6-13-7(14-16-6)4-2-12-3-17-4/h2-3,5,15H,1H2. The molecule has 0 aliphatic rings. The Balaban J connectivity index is 2.09. The van der Waals surface area contributed by atoms with E-state index in [4.69, 9.17) is 5.11 Å². The predicted molar refractivity (Wildman–Crippen MR) is 51.2 cm³/mol. The molecular weight excluding hydrogens is 259 g/mol. The zero-order valence-corrected chi connectivity index (χ0v) is 8.99. The molecule has 0 radical (unpaired) electrons. The van der Waals surface area contributed by atoms with Crippen molar-refractivity contribution in [3.05, 3.63) is 17.6 Å². The molecule has 17 heavy (non-hydrogen) atoms. The van der Waals surface area contributed by atoms with E-state index >= 15 is 0 Å². The summed E-state index contributed by atoms with van der Waals surface area (Å²) < 4.78 is 40.8. The Morgan fingerprint density at radius 3 is 2.82 bits per heavy atom. The van der Waals surface area contributed by atoms with Gasteiger partial charge in [-0.1, -0.05) is 5.16 Å². The molecule has 2 aromatic heterocycles. The zero-order chi connectivity index (χ0) is 12.5. The van der Waals surface area contributed by atoms with Crippen LogP contribution in [0, 0.1) is 0 Å². The first kappa shape index (κ1) is 12.0. The van der Waals surface area contributed by atoms with Crippen LogP contribution < -0.4 is 0 Å². The average Bonchev–Trinajstić information content (AvgIpc) is 2.83. The second kappa shape index (κ2) is 4.41. The minimum absolute atomic E-state index is 0.164. The summed E-state index contributed by atoms with van der Waals surface area (Å²) in [6, 6.07) is 0. The van der Waals surface area contributed by atoms with E-state index in [1.807, 2.05) is 0 Å². The quantitative estimate of drug-likeness (QED) is 0.913. The number of aliphatic hydroxyl groups is 1. The van der Waals surface area contributed by atoms with Crippen molar-refractivity contribution in [1.29, 1.82) is 0 Å². The maximum absolute atomic E-state index is 12.1. The van der Waals surface area contributed by atoms with Gasteiger partial charge in [-0.2, -0.15) is 18.2 Å². The molecule has 1 N–H and O–H groups in total. The smallest absolute Gasteiger partial charge is 0.383 e. The van der Waals surface area contributed by atoms with Crippen molar-refractivity contribution < 1.29 is 22.8 Å². The van der Waals surface area contributed by atoms with Gasteiger partial charge in [0.05, 0.1) is 16.8 Å². The van der Waals surface area contributed by atoms with Crippen LogP contribution in [-0.4, -0.2) is 32.5 Å². The van der Waals surface area contributed by atoms with Crippen LogP contribution in [0.15, 0.2) is 16.2 Å². The molecule has 5 nitrogen and oxygen atoms in total. The Hall–Kier alpha value is -1.48. The summed E-state index contributed by atoms with van der Waals surface area (Å²) in [7, 11) is 0. The van der Waals surface area contributed by atoms with Crippen molar-refractivity contribution in [2.45, 2.75) is 18.7 Å². The van der Waals surface area contributed by atoms with Crippen molar-refractivity contribution in [2.75, 3.05) is 0 Å². The van der Waals surface area contributed by atoms with Crippen LogP contribution in [0.25, 0.3) is 10.7 Å². The van der Waals surface area contributed by atoms with Gasteiger partial charge in [-0.15, -0.1) is 11.3 Å². The van der Waals surface area contributed by atoms with Gasteiger partial charge in [-0.3, -0.25) is 4.98 Å². The van der Waals surface area contributed by atoms with Crippen molar-refractivity contribution in [3.63, 3.8) is 0 Å². The number of thiazole rings is 1. The Labute approximate surface area is 96.9 Å². The molecular formula is C8H6F3N3O2S. The van der Waals surface area contributed by atoms with Crippen molar-refractivity contribution in [1.82, 2.24) is 15.1 Å². The van der Waals surface area contributed by atoms with E-state index in [2.05, 4.69) is 19.6 Å². The van der Waals surface area contributed by atoms with Crippen LogP contribution >= 0.6 is 11.3 Å². The molecule has 0 aromatic carbocycles. The van der Waals surface area contributed by atoms with Crippen molar-refractivity contribution in [3.8, 4) is 10.7 Å². The predicted octanol–water partition coefficient (Wildman–Crippen LogP) is 1.66. The molecule has 2 aromatic rings. The molecule has 0 bridgehead atoms. The number of nitrogens with zero attached hydrogens (tertiary/aromatic N) is 3. The molecule has 2 heterocycles. The SMILES string of the molecule is OC(Cc1nc(-c2cncs2)no1)C(F)(F)F. The van der Waals surface area contributed by atoms with E-state index in [1.54, 1.807) is 0 Å². The maximum Gasteiger partial charge on any atom is 0.414 e. The Kier molecular flexibility index (Phi) is 3.11. The fourth-order valence-electron chi connectivity index (χ4n) is 1.05. The number of aromatic nitrogens is 3. The molecule has 0 aliphatic carbocycles. The second-order valence-corrected chi connectivity index (χ2v) is 4.03. The van der Waals surface area contributed by atoms with Gasteiger partial charge in [-0.25, -0.2) is 0 Å². The van der Waals surface area contributed by atoms with Crippen LogP contribution in [0.2, 0.25) is 0 Å². The fourth-order valence-corrected chi connectivity index (χ4v) is 1.59. The summed E-state index contributed by atoms with van der Waals surface area (Å²) in [4.78, 5) is 8.10. The minimum Gasteiger partial charge on any atom is -0.383 e. The first-order valence-corrected chi connectivity index (χ1v) is 5.31. The molecule has 0 saturated heterocycles. The fraction of sp³-hybridized carbons (Fsp3) is 0.375. The third-order valence-electron chi connectivity index (χ3n) is 1.87. The van der Waals surface area contributed by atoms with Gasteiger partial charge in [0.1, 0.15) is 0 Å². The molecule has 9 heteroatoms. The molecule has 2 rings (SSSR count). The van der Waals surface area contributed by atoms with E-state index in [-0.39, 0.29) is 11.7 Å². The molecule has 0 aliphatic heterocycles. The molecule has 1 unspecified atom stereocenters. The highest BCUT2D eigenvalue weighted by molar-refractivity contribution is 7.13. The molecule has 0 spiro atoms. The number of rotatable bonds is 3. The van der Waals surface area contributed by atoms with E-state index in [1.165, 1.54) is 23.0 Å². The number of aliphatic hydroxyl groups excluding tert-OH is 1. The lowest BCUT2D eigenvalue weighted by Gasteiger charge is -2.11. The highest BCUT2D eigenvalue weighted by Gasteiger charge is 2.39. The lowest BCUT2D eigenvalue weighted by atomic mass is 10.2. The number of alkyl halides is 3. The van der Waals surface area contributed by atoms with Gasteiger partial charge in [0.15, 0.2) is 6.10 Å². The molecule has 0 amide bonds. The first-order valence-electron chi connectivity index (χ1n) is 4.43. The van der Waals surface area contributed by atoms with Crippen molar-refractivity contribution >= 4 is 11.3 Å². The molecule has 92 valence electrons. The lowest BCUT2D eigenvalue weighted by Crippen LogP contribution is -2.30. The number of halogens is 3. The van der Waals surface area contributed by atoms with Crippen LogP contribution in [0.1, 0.15) is 5.89 Å². The lowest BCUT2D eigenvalue weighted by molar-refractivity contribution is -0.204. The summed E-state index contributed by atoms with van der Waals surface area (Å²) in [6.07, 6.45) is -6.48. The van der Waals surface area contributed by atoms with Gasteiger partial charge in [0, 0.05) is 6.20 Å². The second-order valence-electron chi connectivity index (χ2n) is 3.14. The van der Waals surface area contributed by atoms with Gasteiger partial charge >= 0.3 is 6.18 Å². The van der Waals surface area contributed by atoms with Crippen LogP contribution in [0.5, 0.6) is 0 Å². The monoisotopic (exact) mass is 265 g/mol. The highest BCUT2D eigenvalue weighted by atomic mass is 32.1. The highest BCUT2D eigenvalue weighted by Crippen LogP contribution is 2.24. The topological polar surface area (TPSA) is 72.0 Å². The van der Waals surface area contributed by atoms with Crippen LogP contribution in [-0.2, 0) is 6.42 Å². The van der Waals surface area contributed by atoms with Crippen molar-refractivity contribution in [2.24, 2.45) is 0 Å². The maximum atomic E-state index is 12.1. The molecule has 0 saturated carbocycles. The summed E-state index contributed by atoms with van der Waals surface area (Å²) in [5.74, 6) is -0.102. The first-order chi connectivity index (χ1) is 7.97.